The first-order valence-corrected chi connectivity index (χ1v) is 8.89. The molecule has 0 atom stereocenters. The summed E-state index contributed by atoms with van der Waals surface area (Å²) in [6.07, 6.45) is 1.76. The lowest BCUT2D eigenvalue weighted by atomic mass is 10.2. The van der Waals surface area contributed by atoms with E-state index in [1.807, 2.05) is 0 Å². The molecule has 0 bridgehead atoms. The van der Waals surface area contributed by atoms with Crippen molar-refractivity contribution in [1.29, 1.82) is 0 Å². The highest BCUT2D eigenvalue weighted by Crippen LogP contribution is 2.37. The van der Waals surface area contributed by atoms with Gasteiger partial charge in [-0.25, -0.2) is 21.6 Å². The van der Waals surface area contributed by atoms with E-state index in [9.17, 15) is 21.6 Å². The lowest BCUT2D eigenvalue weighted by Gasteiger charge is -2.11. The molecular weight excluding hydrogens is 292 g/mol. The molecule has 1 aromatic rings. The standard InChI is InChI=1S/C11H12O6S2/c1-18(14,15)10-8(11(12)13)3-2-4-9(10)19(16,17)7-5-6-7/h2-4,7H,5-6H2,1H3,(H,12,13). The summed E-state index contributed by atoms with van der Waals surface area (Å²) in [6, 6.07) is 3.48. The number of aromatic carboxylic acids is 1. The maximum absolute atomic E-state index is 12.2. The molecule has 1 saturated carbocycles. The number of hydrogen-bond acceptors (Lipinski definition) is 5. The number of rotatable bonds is 4. The second kappa shape index (κ2) is 4.31. The van der Waals surface area contributed by atoms with Crippen molar-refractivity contribution in [1.82, 2.24) is 0 Å². The number of benzene rings is 1. The summed E-state index contributed by atoms with van der Waals surface area (Å²) in [5.74, 6) is -1.46. The molecule has 2 rings (SSSR count). The fourth-order valence-corrected chi connectivity index (χ4v) is 5.39. The molecule has 1 N–H and O–H groups in total. The Morgan fingerprint density at radius 1 is 1.21 bits per heavy atom. The lowest BCUT2D eigenvalue weighted by Crippen LogP contribution is -2.16. The Morgan fingerprint density at radius 2 is 1.79 bits per heavy atom. The summed E-state index contributed by atoms with van der Waals surface area (Å²) >= 11 is 0. The molecule has 8 heteroatoms. The average Bonchev–Trinajstić information content (AvgIpc) is 3.10. The zero-order valence-electron chi connectivity index (χ0n) is 10.0. The molecular formula is C11H12O6S2. The van der Waals surface area contributed by atoms with Gasteiger partial charge in [0.05, 0.1) is 20.6 Å². The number of carboxylic acid groups (broad SMARTS) is 1. The summed E-state index contributed by atoms with van der Waals surface area (Å²) in [7, 11) is -7.74. The minimum absolute atomic E-state index is 0.405. The largest absolute Gasteiger partial charge is 0.478 e. The Balaban J connectivity index is 2.83. The highest BCUT2D eigenvalue weighted by atomic mass is 32.2. The molecule has 0 aliphatic heterocycles. The molecule has 1 aliphatic carbocycles. The van der Waals surface area contributed by atoms with E-state index in [1.165, 1.54) is 6.07 Å². The van der Waals surface area contributed by atoms with E-state index in [0.29, 0.717) is 12.8 Å². The van der Waals surface area contributed by atoms with Crippen LogP contribution >= 0.6 is 0 Å². The SMILES string of the molecule is CS(=O)(=O)c1c(C(=O)O)cccc1S(=O)(=O)C1CC1. The van der Waals surface area contributed by atoms with E-state index in [0.717, 1.165) is 18.4 Å². The number of carbonyl (C=O) groups is 1. The number of sulfone groups is 2. The van der Waals surface area contributed by atoms with Gasteiger partial charge >= 0.3 is 5.97 Å². The topological polar surface area (TPSA) is 106 Å². The van der Waals surface area contributed by atoms with Gasteiger partial charge in [-0.15, -0.1) is 0 Å². The predicted octanol–water partition coefficient (Wildman–Crippen LogP) is 0.724. The van der Waals surface area contributed by atoms with Gasteiger partial charge in [0.15, 0.2) is 19.7 Å². The molecule has 19 heavy (non-hydrogen) atoms. The van der Waals surface area contributed by atoms with Crippen molar-refractivity contribution in [2.45, 2.75) is 27.9 Å². The summed E-state index contributed by atoms with van der Waals surface area (Å²) in [6.45, 7) is 0. The average molecular weight is 304 g/mol. The zero-order valence-corrected chi connectivity index (χ0v) is 11.7. The van der Waals surface area contributed by atoms with Gasteiger partial charge in [-0.2, -0.15) is 0 Å². The molecule has 6 nitrogen and oxygen atoms in total. The van der Waals surface area contributed by atoms with Crippen LogP contribution < -0.4 is 0 Å². The Morgan fingerprint density at radius 3 is 2.21 bits per heavy atom. The molecule has 1 aromatic carbocycles. The number of carboxylic acids is 1. The van der Waals surface area contributed by atoms with Crippen molar-refractivity contribution in [3.63, 3.8) is 0 Å². The molecule has 0 aromatic heterocycles. The normalized spacial score (nSPS) is 16.3. The van der Waals surface area contributed by atoms with E-state index >= 15 is 0 Å². The molecule has 1 fully saturated rings. The van der Waals surface area contributed by atoms with Gasteiger partial charge in [-0.3, -0.25) is 0 Å². The van der Waals surface area contributed by atoms with Crippen LogP contribution in [0, 0.1) is 0 Å². The fraction of sp³-hybridized carbons (Fsp3) is 0.364. The van der Waals surface area contributed by atoms with E-state index in [4.69, 9.17) is 5.11 Å². The van der Waals surface area contributed by atoms with Crippen molar-refractivity contribution in [2.24, 2.45) is 0 Å². The summed E-state index contributed by atoms with van der Waals surface area (Å²) in [5, 5.41) is 8.41. The zero-order chi connectivity index (χ0) is 14.4. The second-order valence-electron chi connectivity index (χ2n) is 4.45. The van der Waals surface area contributed by atoms with Crippen LogP contribution in [-0.2, 0) is 19.7 Å². The van der Waals surface area contributed by atoms with Crippen molar-refractivity contribution < 1.29 is 26.7 Å². The molecule has 104 valence electrons. The number of hydrogen-bond donors (Lipinski definition) is 1. The Hall–Kier alpha value is -1.41. The third-order valence-corrected chi connectivity index (χ3v) is 6.46. The first-order valence-electron chi connectivity index (χ1n) is 5.46. The molecule has 0 spiro atoms. The van der Waals surface area contributed by atoms with Crippen LogP contribution in [0.5, 0.6) is 0 Å². The predicted molar refractivity (Wildman–Crippen MR) is 66.7 cm³/mol. The maximum Gasteiger partial charge on any atom is 0.337 e. The van der Waals surface area contributed by atoms with Gasteiger partial charge in [0.25, 0.3) is 0 Å². The molecule has 0 unspecified atom stereocenters. The highest BCUT2D eigenvalue weighted by Gasteiger charge is 2.40. The van der Waals surface area contributed by atoms with Crippen molar-refractivity contribution in [2.75, 3.05) is 6.26 Å². The van der Waals surface area contributed by atoms with Crippen LogP contribution in [0.25, 0.3) is 0 Å². The monoisotopic (exact) mass is 304 g/mol. The van der Waals surface area contributed by atoms with E-state index < -0.39 is 46.2 Å². The molecule has 0 saturated heterocycles. The molecule has 1 aliphatic rings. The van der Waals surface area contributed by atoms with Crippen LogP contribution in [0.4, 0.5) is 0 Å². The summed E-state index contributed by atoms with van der Waals surface area (Å²) < 4.78 is 47.8. The Kier molecular flexibility index (Phi) is 3.18. The van der Waals surface area contributed by atoms with Gasteiger partial charge in [-0.05, 0) is 25.0 Å². The fourth-order valence-electron chi connectivity index (χ4n) is 1.85. The van der Waals surface area contributed by atoms with Crippen LogP contribution in [0.2, 0.25) is 0 Å². The Bertz CT molecular complexity index is 741. The van der Waals surface area contributed by atoms with Crippen LogP contribution in [0.1, 0.15) is 23.2 Å². The first-order chi connectivity index (χ1) is 8.65. The molecule has 0 amide bonds. The van der Waals surface area contributed by atoms with Crippen LogP contribution in [0.15, 0.2) is 28.0 Å². The second-order valence-corrected chi connectivity index (χ2v) is 8.60. The quantitative estimate of drug-likeness (QED) is 0.878. The van der Waals surface area contributed by atoms with Gasteiger partial charge in [0, 0.05) is 6.26 Å². The van der Waals surface area contributed by atoms with Crippen molar-refractivity contribution in [3.8, 4) is 0 Å². The van der Waals surface area contributed by atoms with Crippen LogP contribution in [0.3, 0.4) is 0 Å². The van der Waals surface area contributed by atoms with Crippen molar-refractivity contribution >= 4 is 25.6 Å². The van der Waals surface area contributed by atoms with Gasteiger partial charge in [-0.1, -0.05) is 6.07 Å². The van der Waals surface area contributed by atoms with Gasteiger partial charge < -0.3 is 5.11 Å². The maximum atomic E-state index is 12.2. The third kappa shape index (κ3) is 2.50. The minimum atomic E-state index is -3.96. The van der Waals surface area contributed by atoms with Gasteiger partial charge in [0.1, 0.15) is 0 Å². The first kappa shape index (κ1) is 14.0. The third-order valence-electron chi connectivity index (χ3n) is 2.85. The lowest BCUT2D eigenvalue weighted by molar-refractivity contribution is 0.0692. The van der Waals surface area contributed by atoms with Gasteiger partial charge in [0.2, 0.25) is 0 Å². The highest BCUT2D eigenvalue weighted by molar-refractivity contribution is 7.94. The summed E-state index contributed by atoms with van der Waals surface area (Å²) in [5.41, 5.74) is -0.510. The summed E-state index contributed by atoms with van der Waals surface area (Å²) in [4.78, 5) is 10.1. The smallest absolute Gasteiger partial charge is 0.337 e. The van der Waals surface area contributed by atoms with Crippen LogP contribution in [-0.4, -0.2) is 39.4 Å². The van der Waals surface area contributed by atoms with E-state index in [-0.39, 0.29) is 0 Å². The Labute approximate surface area is 110 Å². The minimum Gasteiger partial charge on any atom is -0.478 e. The molecule has 0 heterocycles. The molecule has 0 radical (unpaired) electrons. The van der Waals surface area contributed by atoms with Crippen molar-refractivity contribution in [3.05, 3.63) is 23.8 Å². The van der Waals surface area contributed by atoms with E-state index in [2.05, 4.69) is 0 Å². The van der Waals surface area contributed by atoms with E-state index in [1.54, 1.807) is 0 Å².